The summed E-state index contributed by atoms with van der Waals surface area (Å²) in [5, 5.41) is 5.06. The van der Waals surface area contributed by atoms with E-state index in [1.807, 2.05) is 0 Å². The topological polar surface area (TPSA) is 71.1 Å². The van der Waals surface area contributed by atoms with Gasteiger partial charge in [-0.05, 0) is 12.5 Å². The zero-order valence-electron chi connectivity index (χ0n) is 8.37. The van der Waals surface area contributed by atoms with Gasteiger partial charge in [0.05, 0.1) is 0 Å². The molecule has 0 bridgehead atoms. The quantitative estimate of drug-likeness (QED) is 0.563. The third-order valence-corrected chi connectivity index (χ3v) is 2.31. The Morgan fingerprint density at radius 1 is 1.50 bits per heavy atom. The van der Waals surface area contributed by atoms with Crippen LogP contribution in [0.1, 0.15) is 12.8 Å². The molecule has 84 valence electrons. The highest BCUT2D eigenvalue weighted by atomic mass is 19.1. The van der Waals surface area contributed by atoms with Gasteiger partial charge in [-0.3, -0.25) is 14.9 Å². The number of nitrogens with zero attached hydrogens (tertiary/aromatic N) is 1. The van der Waals surface area contributed by atoms with Crippen LogP contribution < -0.4 is 10.6 Å². The van der Waals surface area contributed by atoms with Gasteiger partial charge < -0.3 is 5.32 Å². The number of pyridine rings is 1. The molecule has 1 aliphatic rings. The van der Waals surface area contributed by atoms with Crippen molar-refractivity contribution in [1.82, 2.24) is 10.3 Å². The largest absolute Gasteiger partial charge is 0.373 e. The zero-order valence-corrected chi connectivity index (χ0v) is 8.37. The molecular formula is C10H10FN3O2. The normalized spacial score (nSPS) is 20.4. The van der Waals surface area contributed by atoms with Crippen LogP contribution in [-0.4, -0.2) is 22.8 Å². The van der Waals surface area contributed by atoms with E-state index < -0.39 is 12.0 Å². The van der Waals surface area contributed by atoms with Gasteiger partial charge in [0.25, 0.3) is 0 Å². The number of imide groups is 1. The van der Waals surface area contributed by atoms with Gasteiger partial charge in [-0.15, -0.1) is 0 Å². The minimum absolute atomic E-state index is 0.274. The molecule has 6 heteroatoms. The molecule has 1 saturated heterocycles. The highest BCUT2D eigenvalue weighted by Crippen LogP contribution is 2.13. The number of halogens is 1. The van der Waals surface area contributed by atoms with Crippen LogP contribution in [0.3, 0.4) is 0 Å². The third kappa shape index (κ3) is 2.33. The summed E-state index contributed by atoms with van der Waals surface area (Å²) < 4.78 is 12.8. The van der Waals surface area contributed by atoms with Crippen LogP contribution in [0.4, 0.5) is 10.1 Å². The number of piperidine rings is 1. The van der Waals surface area contributed by atoms with Crippen LogP contribution >= 0.6 is 0 Å². The fourth-order valence-corrected chi connectivity index (χ4v) is 1.52. The smallest absolute Gasteiger partial charge is 0.249 e. The molecule has 1 atom stereocenters. The SMILES string of the molecule is O=C1CCC(Nc2ccnc(F)c2)C(=O)N1. The van der Waals surface area contributed by atoms with E-state index >= 15 is 0 Å². The molecule has 1 fully saturated rings. The van der Waals surface area contributed by atoms with Crippen LogP contribution in [0.25, 0.3) is 0 Å². The van der Waals surface area contributed by atoms with Gasteiger partial charge in [0.15, 0.2) is 0 Å². The standard InChI is InChI=1S/C10H10FN3O2/c11-8-5-6(3-4-12-8)13-7-1-2-9(15)14-10(7)16/h3-5,7H,1-2H2,(H,12,13)(H,14,15,16). The number of hydrogen-bond acceptors (Lipinski definition) is 4. The minimum atomic E-state index is -0.614. The van der Waals surface area contributed by atoms with Crippen LogP contribution in [0.5, 0.6) is 0 Å². The fraction of sp³-hybridized carbons (Fsp3) is 0.300. The number of hydrogen-bond donors (Lipinski definition) is 2. The number of rotatable bonds is 2. The molecule has 2 heterocycles. The Morgan fingerprint density at radius 3 is 3.00 bits per heavy atom. The Morgan fingerprint density at radius 2 is 2.31 bits per heavy atom. The molecule has 0 aromatic carbocycles. The Labute approximate surface area is 91.1 Å². The number of carbonyl (C=O) groups is 2. The van der Waals surface area contributed by atoms with E-state index in [2.05, 4.69) is 15.6 Å². The first-order valence-corrected chi connectivity index (χ1v) is 4.87. The molecule has 2 amide bonds. The highest BCUT2D eigenvalue weighted by molar-refractivity contribution is 6.01. The Hall–Kier alpha value is -1.98. The van der Waals surface area contributed by atoms with Crippen molar-refractivity contribution in [1.29, 1.82) is 0 Å². The maximum Gasteiger partial charge on any atom is 0.249 e. The summed E-state index contributed by atoms with van der Waals surface area (Å²) in [7, 11) is 0. The van der Waals surface area contributed by atoms with Gasteiger partial charge in [0, 0.05) is 24.4 Å². The van der Waals surface area contributed by atoms with Crippen LogP contribution in [0.2, 0.25) is 0 Å². The van der Waals surface area contributed by atoms with Crippen molar-refractivity contribution in [2.24, 2.45) is 0 Å². The maximum atomic E-state index is 12.8. The first-order valence-electron chi connectivity index (χ1n) is 4.87. The lowest BCUT2D eigenvalue weighted by atomic mass is 10.1. The van der Waals surface area contributed by atoms with Gasteiger partial charge in [0.1, 0.15) is 6.04 Å². The molecule has 1 unspecified atom stereocenters. The van der Waals surface area contributed by atoms with Gasteiger partial charge in [-0.1, -0.05) is 0 Å². The monoisotopic (exact) mass is 223 g/mol. The molecule has 5 nitrogen and oxygen atoms in total. The molecule has 2 N–H and O–H groups in total. The van der Waals surface area contributed by atoms with E-state index in [1.54, 1.807) is 6.07 Å². The fourth-order valence-electron chi connectivity index (χ4n) is 1.52. The van der Waals surface area contributed by atoms with E-state index in [0.717, 1.165) is 0 Å². The number of aromatic nitrogens is 1. The molecule has 0 saturated carbocycles. The second kappa shape index (κ2) is 4.26. The summed E-state index contributed by atoms with van der Waals surface area (Å²) >= 11 is 0. The maximum absolute atomic E-state index is 12.8. The lowest BCUT2D eigenvalue weighted by molar-refractivity contribution is -0.133. The second-order valence-electron chi connectivity index (χ2n) is 3.52. The van der Waals surface area contributed by atoms with Gasteiger partial charge >= 0.3 is 0 Å². The molecule has 0 spiro atoms. The van der Waals surface area contributed by atoms with Gasteiger partial charge in [0.2, 0.25) is 17.8 Å². The Balaban J connectivity index is 2.05. The first kappa shape index (κ1) is 10.5. The molecule has 16 heavy (non-hydrogen) atoms. The number of nitrogens with one attached hydrogen (secondary N) is 2. The average molecular weight is 223 g/mol. The number of anilines is 1. The molecular weight excluding hydrogens is 213 g/mol. The van der Waals surface area contributed by atoms with Gasteiger partial charge in [-0.25, -0.2) is 4.98 Å². The zero-order chi connectivity index (χ0) is 11.5. The second-order valence-corrected chi connectivity index (χ2v) is 3.52. The van der Waals surface area contributed by atoms with Crippen molar-refractivity contribution in [3.8, 4) is 0 Å². The molecule has 0 radical (unpaired) electrons. The number of amides is 2. The molecule has 2 rings (SSSR count). The minimum Gasteiger partial charge on any atom is -0.373 e. The lowest BCUT2D eigenvalue weighted by Crippen LogP contribution is -2.47. The predicted molar refractivity (Wildman–Crippen MR) is 54.0 cm³/mol. The molecule has 1 aromatic heterocycles. The van der Waals surface area contributed by atoms with Crippen LogP contribution in [0, 0.1) is 5.95 Å². The highest BCUT2D eigenvalue weighted by Gasteiger charge is 2.26. The van der Waals surface area contributed by atoms with E-state index in [-0.39, 0.29) is 18.2 Å². The molecule has 1 aromatic rings. The van der Waals surface area contributed by atoms with E-state index in [4.69, 9.17) is 0 Å². The Kier molecular flexibility index (Phi) is 2.80. The van der Waals surface area contributed by atoms with E-state index in [1.165, 1.54) is 12.3 Å². The van der Waals surface area contributed by atoms with Crippen molar-refractivity contribution in [2.75, 3.05) is 5.32 Å². The Bertz CT molecular complexity index is 436. The summed E-state index contributed by atoms with van der Waals surface area (Å²) in [6.07, 6.45) is 2.01. The number of carbonyl (C=O) groups excluding carboxylic acids is 2. The van der Waals surface area contributed by atoms with Crippen molar-refractivity contribution < 1.29 is 14.0 Å². The third-order valence-electron chi connectivity index (χ3n) is 2.31. The first-order chi connectivity index (χ1) is 7.65. The van der Waals surface area contributed by atoms with E-state index in [9.17, 15) is 14.0 Å². The summed E-state index contributed by atoms with van der Waals surface area (Å²) in [6.45, 7) is 0. The summed E-state index contributed by atoms with van der Waals surface area (Å²) in [5.74, 6) is -1.27. The lowest BCUT2D eigenvalue weighted by Gasteiger charge is -2.22. The summed E-state index contributed by atoms with van der Waals surface area (Å²) in [4.78, 5) is 25.7. The van der Waals surface area contributed by atoms with Gasteiger partial charge in [-0.2, -0.15) is 4.39 Å². The predicted octanol–water partition coefficient (Wildman–Crippen LogP) is 0.438. The summed E-state index contributed by atoms with van der Waals surface area (Å²) in [6, 6.07) is 2.26. The van der Waals surface area contributed by atoms with Crippen LogP contribution in [-0.2, 0) is 9.59 Å². The van der Waals surface area contributed by atoms with Crippen molar-refractivity contribution in [3.05, 3.63) is 24.3 Å². The summed E-state index contributed by atoms with van der Waals surface area (Å²) in [5.41, 5.74) is 0.474. The van der Waals surface area contributed by atoms with Crippen molar-refractivity contribution >= 4 is 17.5 Å². The van der Waals surface area contributed by atoms with Crippen LogP contribution in [0.15, 0.2) is 18.3 Å². The molecule has 0 aliphatic carbocycles. The van der Waals surface area contributed by atoms with E-state index in [0.29, 0.717) is 12.1 Å². The van der Waals surface area contributed by atoms with Crippen molar-refractivity contribution in [2.45, 2.75) is 18.9 Å². The molecule has 1 aliphatic heterocycles. The van der Waals surface area contributed by atoms with Crippen molar-refractivity contribution in [3.63, 3.8) is 0 Å². The average Bonchev–Trinajstić information content (AvgIpc) is 2.22.